The lowest BCUT2D eigenvalue weighted by Gasteiger charge is -2.27. The molecular weight excluding hydrogens is 342 g/mol. The number of allylic oxidation sites excluding steroid dienone is 2. The Kier molecular flexibility index (Phi) is 5.26. The Morgan fingerprint density at radius 1 is 1.37 bits per heavy atom. The maximum Gasteiger partial charge on any atom is 0.300 e. The van der Waals surface area contributed by atoms with Gasteiger partial charge in [-0.25, -0.2) is 4.99 Å². The summed E-state index contributed by atoms with van der Waals surface area (Å²) in [5, 5.41) is 0. The van der Waals surface area contributed by atoms with Gasteiger partial charge >= 0.3 is 0 Å². The highest BCUT2D eigenvalue weighted by atomic mass is 16.5. The largest absolute Gasteiger partial charge is 0.496 e. The van der Waals surface area contributed by atoms with E-state index in [4.69, 9.17) is 4.74 Å². The van der Waals surface area contributed by atoms with E-state index in [1.54, 1.807) is 44.5 Å². The fourth-order valence-electron chi connectivity index (χ4n) is 3.23. The van der Waals surface area contributed by atoms with Crippen molar-refractivity contribution in [1.29, 1.82) is 0 Å². The summed E-state index contributed by atoms with van der Waals surface area (Å²) < 4.78 is 5.54. The average Bonchev–Trinajstić information content (AvgIpc) is 3.16. The zero-order valence-electron chi connectivity index (χ0n) is 16.0. The second-order valence-corrected chi connectivity index (χ2v) is 6.61. The molecule has 1 N–H and O–H groups in total. The summed E-state index contributed by atoms with van der Waals surface area (Å²) >= 11 is 0. The molecular formula is C21H24N3O3+. The van der Waals surface area contributed by atoms with Crippen LogP contribution in [0.3, 0.4) is 0 Å². The number of fused-ring (bicyclic) bond motifs is 1. The van der Waals surface area contributed by atoms with Crippen LogP contribution in [0, 0.1) is 0 Å². The van der Waals surface area contributed by atoms with E-state index in [-0.39, 0.29) is 11.8 Å². The van der Waals surface area contributed by atoms with Crippen LogP contribution in [0.15, 0.2) is 48.2 Å². The van der Waals surface area contributed by atoms with Gasteiger partial charge in [-0.1, -0.05) is 12.2 Å². The number of carbonyl (C=O) groups is 2. The van der Waals surface area contributed by atoms with Gasteiger partial charge in [0.05, 0.1) is 7.11 Å². The Hall–Kier alpha value is -3.15. The molecule has 0 saturated heterocycles. The molecule has 0 saturated carbocycles. The molecule has 2 aliphatic rings. The summed E-state index contributed by atoms with van der Waals surface area (Å²) in [6.45, 7) is 2.41. The number of rotatable bonds is 5. The Balaban J connectivity index is 2.13. The van der Waals surface area contributed by atoms with E-state index in [9.17, 15) is 9.59 Å². The predicted octanol–water partition coefficient (Wildman–Crippen LogP) is 0.616. The van der Waals surface area contributed by atoms with Crippen LogP contribution < -0.4 is 9.73 Å². The Bertz CT molecular complexity index is 894. The lowest BCUT2D eigenvalue weighted by atomic mass is 9.89. The summed E-state index contributed by atoms with van der Waals surface area (Å²) in [6.07, 6.45) is 9.38. The highest BCUT2D eigenvalue weighted by molar-refractivity contribution is 6.03. The van der Waals surface area contributed by atoms with Crippen LogP contribution in [-0.4, -0.2) is 61.6 Å². The van der Waals surface area contributed by atoms with Crippen LogP contribution in [0.2, 0.25) is 0 Å². The molecule has 1 aromatic carbocycles. The summed E-state index contributed by atoms with van der Waals surface area (Å²) in [5.74, 6) is 0.568. The van der Waals surface area contributed by atoms with Crippen molar-refractivity contribution in [3.63, 3.8) is 0 Å². The summed E-state index contributed by atoms with van der Waals surface area (Å²) in [5.41, 5.74) is 3.11. The van der Waals surface area contributed by atoms with Gasteiger partial charge in [0.15, 0.2) is 6.21 Å². The van der Waals surface area contributed by atoms with Crippen LogP contribution in [-0.2, 0) is 4.79 Å². The van der Waals surface area contributed by atoms with E-state index in [0.29, 0.717) is 17.9 Å². The van der Waals surface area contributed by atoms with E-state index in [1.807, 2.05) is 37.4 Å². The van der Waals surface area contributed by atoms with Crippen LogP contribution in [0.4, 0.5) is 0 Å². The maximum atomic E-state index is 12.7. The van der Waals surface area contributed by atoms with Gasteiger partial charge in [0.1, 0.15) is 5.75 Å². The first-order valence-corrected chi connectivity index (χ1v) is 8.81. The first-order chi connectivity index (χ1) is 13.0. The highest BCUT2D eigenvalue weighted by Crippen LogP contribution is 2.36. The van der Waals surface area contributed by atoms with Crippen molar-refractivity contribution >= 4 is 23.6 Å². The smallest absolute Gasteiger partial charge is 0.300 e. The molecule has 2 heterocycles. The molecule has 1 atom stereocenters. The molecule has 0 fully saturated rings. The number of amides is 2. The summed E-state index contributed by atoms with van der Waals surface area (Å²) in [4.78, 5) is 31.5. The van der Waals surface area contributed by atoms with Gasteiger partial charge in [0.25, 0.3) is 17.9 Å². The number of hydrogen-bond acceptors (Lipinski definition) is 3. The molecule has 0 bridgehead atoms. The molecule has 2 aliphatic heterocycles. The van der Waals surface area contributed by atoms with Gasteiger partial charge < -0.3 is 14.5 Å². The van der Waals surface area contributed by atoms with E-state index < -0.39 is 6.04 Å². The van der Waals surface area contributed by atoms with E-state index in [2.05, 4.69) is 4.99 Å². The number of benzene rings is 1. The van der Waals surface area contributed by atoms with E-state index in [1.165, 1.54) is 4.90 Å². The molecule has 1 unspecified atom stereocenters. The third-order valence-electron chi connectivity index (χ3n) is 4.64. The minimum atomic E-state index is -0.423. The second-order valence-electron chi connectivity index (χ2n) is 6.61. The zero-order chi connectivity index (χ0) is 19.6. The number of ether oxygens (including phenoxy) is 1. The molecule has 1 aromatic rings. The molecule has 0 spiro atoms. The fourth-order valence-corrected chi connectivity index (χ4v) is 3.23. The number of nitrogens with zero attached hydrogens (tertiary/aromatic N) is 2. The van der Waals surface area contributed by atoms with Crippen LogP contribution >= 0.6 is 0 Å². The molecule has 0 radical (unpaired) electrons. The number of hydrogen-bond donors (Lipinski definition) is 1. The summed E-state index contributed by atoms with van der Waals surface area (Å²) in [6, 6.07) is 4.95. The SMILES string of the molecule is C/C=C/CN1C=C(c2cc(C(=O)N(C)C)ccc2OC)C2=CC=[NH+]C2C1=O. The normalized spacial score (nSPS) is 18.4. The maximum absolute atomic E-state index is 12.7. The Morgan fingerprint density at radius 2 is 2.15 bits per heavy atom. The first-order valence-electron chi connectivity index (χ1n) is 8.81. The minimum Gasteiger partial charge on any atom is -0.496 e. The molecule has 6 nitrogen and oxygen atoms in total. The van der Waals surface area contributed by atoms with Gasteiger partial charge in [-0.05, 0) is 25.1 Å². The Labute approximate surface area is 159 Å². The molecule has 3 rings (SSSR count). The van der Waals surface area contributed by atoms with Crippen molar-refractivity contribution < 1.29 is 19.3 Å². The summed E-state index contributed by atoms with van der Waals surface area (Å²) in [7, 11) is 5.04. The monoisotopic (exact) mass is 366 g/mol. The van der Waals surface area contributed by atoms with Crippen molar-refractivity contribution in [2.24, 2.45) is 0 Å². The third-order valence-corrected chi connectivity index (χ3v) is 4.64. The molecule has 27 heavy (non-hydrogen) atoms. The first kappa shape index (κ1) is 18.6. The van der Waals surface area contributed by atoms with Crippen LogP contribution in [0.25, 0.3) is 5.57 Å². The van der Waals surface area contributed by atoms with Gasteiger partial charge in [-0.2, -0.15) is 0 Å². The van der Waals surface area contributed by atoms with Crippen LogP contribution in [0.5, 0.6) is 5.75 Å². The molecule has 0 aliphatic carbocycles. The highest BCUT2D eigenvalue weighted by Gasteiger charge is 2.40. The zero-order valence-corrected chi connectivity index (χ0v) is 16.0. The quantitative estimate of drug-likeness (QED) is 0.777. The van der Waals surface area contributed by atoms with Gasteiger partial charge in [-0.3, -0.25) is 9.59 Å². The second kappa shape index (κ2) is 7.61. The molecule has 140 valence electrons. The Morgan fingerprint density at radius 3 is 2.81 bits per heavy atom. The van der Waals surface area contributed by atoms with Crippen molar-refractivity contribution in [3.05, 3.63) is 59.3 Å². The number of nitrogens with one attached hydrogen (secondary N) is 1. The lowest BCUT2D eigenvalue weighted by molar-refractivity contribution is -0.467. The van der Waals surface area contributed by atoms with Gasteiger partial charge in [0.2, 0.25) is 0 Å². The van der Waals surface area contributed by atoms with Crippen molar-refractivity contribution in [1.82, 2.24) is 9.80 Å². The van der Waals surface area contributed by atoms with E-state index in [0.717, 1.165) is 16.7 Å². The van der Waals surface area contributed by atoms with E-state index >= 15 is 0 Å². The van der Waals surface area contributed by atoms with Crippen LogP contribution in [0.1, 0.15) is 22.8 Å². The minimum absolute atomic E-state index is 0.00339. The van der Waals surface area contributed by atoms with Crippen molar-refractivity contribution in [2.45, 2.75) is 13.0 Å². The standard InChI is InChI=1S/C21H23N3O3/c1-5-6-11-24-13-17(15-9-10-22-19(15)21(24)26)16-12-14(20(25)23(2)3)7-8-18(16)27-4/h5-10,12-13,19H,11H2,1-4H3/p+1/b6-5+. The van der Waals surface area contributed by atoms with Gasteiger partial charge in [-0.15, -0.1) is 0 Å². The fraction of sp³-hybridized carbons (Fsp3) is 0.286. The van der Waals surface area contributed by atoms with Crippen molar-refractivity contribution in [2.75, 3.05) is 27.7 Å². The predicted molar refractivity (Wildman–Crippen MR) is 104 cm³/mol. The third kappa shape index (κ3) is 3.43. The lowest BCUT2D eigenvalue weighted by Crippen LogP contribution is -2.79. The number of carbonyl (C=O) groups excluding carboxylic acids is 2. The van der Waals surface area contributed by atoms with Gasteiger partial charge in [0, 0.05) is 55.2 Å². The number of methoxy groups -OCH3 is 1. The molecule has 6 heteroatoms. The topological polar surface area (TPSA) is 63.8 Å². The average molecular weight is 366 g/mol. The van der Waals surface area contributed by atoms with Crippen molar-refractivity contribution in [3.8, 4) is 5.75 Å². The molecule has 2 amide bonds. The molecule has 0 aromatic heterocycles.